The average molecular weight is 433 g/mol. The van der Waals surface area contributed by atoms with Crippen molar-refractivity contribution in [1.29, 1.82) is 0 Å². The lowest BCUT2D eigenvalue weighted by molar-refractivity contribution is 0.0342. The Labute approximate surface area is 176 Å². The lowest BCUT2D eigenvalue weighted by Crippen LogP contribution is -2.35. The van der Waals surface area contributed by atoms with E-state index in [1.54, 1.807) is 5.38 Å². The molecule has 0 spiro atoms. The van der Waals surface area contributed by atoms with Gasteiger partial charge in [0.05, 0.1) is 18.2 Å². The number of nitrogens with two attached hydrogens (primary N) is 1. The van der Waals surface area contributed by atoms with E-state index >= 15 is 0 Å². The number of nitrogens with one attached hydrogen (secondary N) is 1. The van der Waals surface area contributed by atoms with Gasteiger partial charge in [-0.3, -0.25) is 9.69 Å². The van der Waals surface area contributed by atoms with Crippen LogP contribution >= 0.6 is 36.2 Å². The fourth-order valence-corrected chi connectivity index (χ4v) is 3.55. The van der Waals surface area contributed by atoms with Gasteiger partial charge in [-0.2, -0.15) is 0 Å². The second-order valence-corrected chi connectivity index (χ2v) is 7.10. The molecule has 2 heterocycles. The molecular formula is C18H26Cl2N4O2S. The molecule has 0 saturated carbocycles. The maximum Gasteiger partial charge on any atom is 0.275 e. The molecule has 0 bridgehead atoms. The molecule has 1 amide bonds. The monoisotopic (exact) mass is 432 g/mol. The van der Waals surface area contributed by atoms with Crippen molar-refractivity contribution in [1.82, 2.24) is 9.88 Å². The molecule has 0 atom stereocenters. The van der Waals surface area contributed by atoms with Crippen molar-refractivity contribution in [2.24, 2.45) is 5.73 Å². The third-order valence-corrected chi connectivity index (χ3v) is 5.11. The summed E-state index contributed by atoms with van der Waals surface area (Å²) >= 11 is 1.47. The van der Waals surface area contributed by atoms with Crippen LogP contribution < -0.4 is 11.1 Å². The van der Waals surface area contributed by atoms with Crippen molar-refractivity contribution in [2.75, 3.05) is 38.2 Å². The standard InChI is InChI=1S/C18H24N4O2S.2ClH/c1-13-2-3-14(11-22-6-8-24-9-7-22)10-15(13)21-18(23)16-12-25-17(20-16)4-5-19;;/h2-3,10,12H,4-9,11,19H2,1H3,(H,21,23);2*1H. The summed E-state index contributed by atoms with van der Waals surface area (Å²) in [5.74, 6) is -0.175. The van der Waals surface area contributed by atoms with E-state index in [1.807, 2.05) is 13.0 Å². The molecule has 1 fully saturated rings. The van der Waals surface area contributed by atoms with Crippen molar-refractivity contribution in [2.45, 2.75) is 19.9 Å². The zero-order valence-electron chi connectivity index (χ0n) is 15.3. The van der Waals surface area contributed by atoms with Crippen molar-refractivity contribution in [3.05, 3.63) is 45.4 Å². The highest BCUT2D eigenvalue weighted by Gasteiger charge is 2.14. The molecule has 1 aromatic carbocycles. The van der Waals surface area contributed by atoms with Gasteiger partial charge in [0.2, 0.25) is 0 Å². The van der Waals surface area contributed by atoms with E-state index < -0.39 is 0 Å². The Morgan fingerprint density at radius 1 is 1.33 bits per heavy atom. The van der Waals surface area contributed by atoms with Gasteiger partial charge in [0.1, 0.15) is 5.69 Å². The van der Waals surface area contributed by atoms with Gasteiger partial charge in [-0.15, -0.1) is 36.2 Å². The summed E-state index contributed by atoms with van der Waals surface area (Å²) in [6, 6.07) is 6.21. The highest BCUT2D eigenvalue weighted by atomic mass is 35.5. The number of amides is 1. The quantitative estimate of drug-likeness (QED) is 0.733. The number of carbonyl (C=O) groups is 1. The van der Waals surface area contributed by atoms with Crippen molar-refractivity contribution in [3.8, 4) is 0 Å². The van der Waals surface area contributed by atoms with Crippen LogP contribution in [0.3, 0.4) is 0 Å². The Hall–Kier alpha value is -1.22. The van der Waals surface area contributed by atoms with E-state index in [4.69, 9.17) is 10.5 Å². The maximum absolute atomic E-state index is 12.5. The van der Waals surface area contributed by atoms with Crippen LogP contribution in [0.2, 0.25) is 0 Å². The summed E-state index contributed by atoms with van der Waals surface area (Å²) in [5.41, 5.74) is 9.05. The molecule has 3 rings (SSSR count). The van der Waals surface area contributed by atoms with Crippen molar-refractivity contribution < 1.29 is 9.53 Å². The minimum Gasteiger partial charge on any atom is -0.379 e. The number of ether oxygens (including phenoxy) is 1. The fourth-order valence-electron chi connectivity index (χ4n) is 2.76. The molecule has 27 heavy (non-hydrogen) atoms. The summed E-state index contributed by atoms with van der Waals surface area (Å²) in [4.78, 5) is 19.2. The van der Waals surface area contributed by atoms with E-state index in [0.717, 1.165) is 49.1 Å². The highest BCUT2D eigenvalue weighted by Crippen LogP contribution is 2.20. The summed E-state index contributed by atoms with van der Waals surface area (Å²) in [5, 5.41) is 5.67. The molecule has 0 unspecified atom stereocenters. The van der Waals surface area contributed by atoms with Gasteiger partial charge in [-0.1, -0.05) is 12.1 Å². The van der Waals surface area contributed by atoms with Crippen molar-refractivity contribution >= 4 is 47.7 Å². The molecule has 3 N–H and O–H groups in total. The van der Waals surface area contributed by atoms with Gasteiger partial charge in [0.25, 0.3) is 5.91 Å². The topological polar surface area (TPSA) is 80.5 Å². The predicted molar refractivity (Wildman–Crippen MR) is 115 cm³/mol. The van der Waals surface area contributed by atoms with Crippen LogP contribution in [0.25, 0.3) is 0 Å². The molecule has 1 aliphatic rings. The number of halogens is 2. The number of nitrogens with zero attached hydrogens (tertiary/aromatic N) is 2. The van der Waals surface area contributed by atoms with Crippen LogP contribution in [0.15, 0.2) is 23.6 Å². The molecule has 0 aliphatic carbocycles. The number of morpholine rings is 1. The van der Waals surface area contributed by atoms with E-state index in [-0.39, 0.29) is 30.7 Å². The summed E-state index contributed by atoms with van der Waals surface area (Å²) < 4.78 is 5.39. The normalized spacial score (nSPS) is 14.1. The van der Waals surface area contributed by atoms with E-state index in [9.17, 15) is 4.79 Å². The molecule has 2 aromatic rings. The van der Waals surface area contributed by atoms with Gasteiger partial charge < -0.3 is 15.8 Å². The summed E-state index contributed by atoms with van der Waals surface area (Å²) in [6.45, 7) is 6.85. The predicted octanol–water partition coefficient (Wildman–Crippen LogP) is 2.88. The van der Waals surface area contributed by atoms with Crippen molar-refractivity contribution in [3.63, 3.8) is 0 Å². The van der Waals surface area contributed by atoms with Crippen LogP contribution in [0.5, 0.6) is 0 Å². The molecule has 1 saturated heterocycles. The highest BCUT2D eigenvalue weighted by molar-refractivity contribution is 7.09. The molecular weight excluding hydrogens is 407 g/mol. The molecule has 0 radical (unpaired) electrons. The van der Waals surface area contributed by atoms with Gasteiger partial charge >= 0.3 is 0 Å². The maximum atomic E-state index is 12.5. The Bertz CT molecular complexity index is 736. The van der Waals surface area contributed by atoms with E-state index in [2.05, 4.69) is 27.3 Å². The summed E-state index contributed by atoms with van der Waals surface area (Å²) in [6.07, 6.45) is 0.700. The van der Waals surface area contributed by atoms with Gasteiger partial charge in [-0.25, -0.2) is 4.98 Å². The first kappa shape index (κ1) is 23.8. The Morgan fingerprint density at radius 2 is 2.07 bits per heavy atom. The summed E-state index contributed by atoms with van der Waals surface area (Å²) in [7, 11) is 0. The minimum atomic E-state index is -0.175. The van der Waals surface area contributed by atoms with E-state index in [0.29, 0.717) is 18.7 Å². The zero-order valence-corrected chi connectivity index (χ0v) is 17.7. The first-order valence-electron chi connectivity index (χ1n) is 8.51. The molecule has 6 nitrogen and oxygen atoms in total. The third kappa shape index (κ3) is 6.71. The second kappa shape index (κ2) is 11.6. The Kier molecular flexibility index (Phi) is 10.2. The molecule has 150 valence electrons. The molecule has 1 aliphatic heterocycles. The van der Waals surface area contributed by atoms with Gasteiger partial charge in [0.15, 0.2) is 0 Å². The number of carbonyl (C=O) groups excluding carboxylic acids is 1. The van der Waals surface area contributed by atoms with E-state index in [1.165, 1.54) is 16.9 Å². The Morgan fingerprint density at radius 3 is 2.78 bits per heavy atom. The minimum absolute atomic E-state index is 0. The van der Waals surface area contributed by atoms with Gasteiger partial charge in [-0.05, 0) is 30.7 Å². The number of hydrogen-bond donors (Lipinski definition) is 2. The number of hydrogen-bond acceptors (Lipinski definition) is 6. The average Bonchev–Trinajstić information content (AvgIpc) is 3.08. The number of rotatable bonds is 6. The zero-order chi connectivity index (χ0) is 17.6. The third-order valence-electron chi connectivity index (χ3n) is 4.20. The lowest BCUT2D eigenvalue weighted by Gasteiger charge is -2.26. The Balaban J connectivity index is 0.00000182. The van der Waals surface area contributed by atoms with Crippen LogP contribution in [-0.2, 0) is 17.7 Å². The van der Waals surface area contributed by atoms with Gasteiger partial charge in [0, 0.05) is 37.1 Å². The lowest BCUT2D eigenvalue weighted by atomic mass is 10.1. The number of aromatic nitrogens is 1. The largest absolute Gasteiger partial charge is 0.379 e. The molecule has 1 aromatic heterocycles. The smallest absolute Gasteiger partial charge is 0.275 e. The van der Waals surface area contributed by atoms with Crippen LogP contribution in [0.1, 0.15) is 26.6 Å². The number of thiazole rings is 1. The number of benzene rings is 1. The first-order chi connectivity index (χ1) is 12.2. The van der Waals surface area contributed by atoms with Crippen LogP contribution in [0, 0.1) is 6.92 Å². The fraction of sp³-hybridized carbons (Fsp3) is 0.444. The van der Waals surface area contributed by atoms with Crippen LogP contribution in [-0.4, -0.2) is 48.6 Å². The number of aryl methyl sites for hydroxylation is 1. The van der Waals surface area contributed by atoms with Crippen LogP contribution in [0.4, 0.5) is 5.69 Å². The molecule has 9 heteroatoms. The SMILES string of the molecule is Cc1ccc(CN2CCOCC2)cc1NC(=O)c1csc(CCN)n1.Cl.Cl. The first-order valence-corrected chi connectivity index (χ1v) is 9.39. The second-order valence-electron chi connectivity index (χ2n) is 6.16. The number of anilines is 1.